The highest BCUT2D eigenvalue weighted by Gasteiger charge is 2.33. The number of likely N-dealkylation sites (tertiary alicyclic amines) is 1. The fourth-order valence-corrected chi connectivity index (χ4v) is 4.22. The number of nitrogens with one attached hydrogen (secondary N) is 2. The summed E-state index contributed by atoms with van der Waals surface area (Å²) in [6.45, 7) is 3.57. The molecule has 1 saturated heterocycles. The molecule has 0 radical (unpaired) electrons. The van der Waals surface area contributed by atoms with E-state index in [1.54, 1.807) is 36.9 Å². The topological polar surface area (TPSA) is 111 Å². The smallest absolute Gasteiger partial charge is 0.462 e. The second-order valence-corrected chi connectivity index (χ2v) is 9.15. The average molecular weight is 547 g/mol. The molecule has 39 heavy (non-hydrogen) atoms. The van der Waals surface area contributed by atoms with Crippen LogP contribution in [0.5, 0.6) is 5.75 Å². The third-order valence-electron chi connectivity index (χ3n) is 6.20. The van der Waals surface area contributed by atoms with Gasteiger partial charge in [0.25, 0.3) is 5.91 Å². The van der Waals surface area contributed by atoms with Crippen molar-refractivity contribution in [2.45, 2.75) is 32.2 Å². The van der Waals surface area contributed by atoms with Crippen molar-refractivity contribution in [2.24, 2.45) is 7.05 Å². The summed E-state index contributed by atoms with van der Waals surface area (Å²) in [4.78, 5) is 35.5. The lowest BCUT2D eigenvalue weighted by atomic mass is 10.0. The highest BCUT2D eigenvalue weighted by Crippen LogP contribution is 2.33. The summed E-state index contributed by atoms with van der Waals surface area (Å²) in [5.74, 6) is -1.58. The molecule has 0 aliphatic carbocycles. The Morgan fingerprint density at radius 1 is 1.10 bits per heavy atom. The molecule has 0 bridgehead atoms. The lowest BCUT2D eigenvalue weighted by Gasteiger charge is -2.29. The van der Waals surface area contributed by atoms with E-state index >= 15 is 0 Å². The van der Waals surface area contributed by atoms with Gasteiger partial charge in [-0.25, -0.2) is 14.8 Å². The molecule has 0 unspecified atom stereocenters. The number of benzene rings is 1. The van der Waals surface area contributed by atoms with Crippen LogP contribution >= 0.6 is 0 Å². The number of halogens is 3. The molecule has 1 amide bonds. The van der Waals surface area contributed by atoms with Crippen LogP contribution in [0.2, 0.25) is 0 Å². The maximum absolute atomic E-state index is 13.2. The first kappa shape index (κ1) is 27.9. The fourth-order valence-electron chi connectivity index (χ4n) is 4.22. The summed E-state index contributed by atoms with van der Waals surface area (Å²) >= 11 is 0. The van der Waals surface area contributed by atoms with Crippen molar-refractivity contribution < 1.29 is 32.2 Å². The predicted molar refractivity (Wildman–Crippen MR) is 137 cm³/mol. The van der Waals surface area contributed by atoms with Crippen molar-refractivity contribution in [3.63, 3.8) is 0 Å². The van der Waals surface area contributed by atoms with Gasteiger partial charge < -0.3 is 29.6 Å². The zero-order valence-electron chi connectivity index (χ0n) is 21.7. The Morgan fingerprint density at radius 2 is 1.85 bits per heavy atom. The highest BCUT2D eigenvalue weighted by atomic mass is 19.4. The Labute approximate surface area is 223 Å². The number of aryl methyl sites for hydroxylation is 1. The van der Waals surface area contributed by atoms with Crippen molar-refractivity contribution in [3.05, 3.63) is 53.9 Å². The minimum atomic E-state index is -4.99. The Bertz CT molecular complexity index is 1340. The Balaban J connectivity index is 1.56. The van der Waals surface area contributed by atoms with Crippen molar-refractivity contribution in [2.75, 3.05) is 32.1 Å². The van der Waals surface area contributed by atoms with Gasteiger partial charge in [0.05, 0.1) is 29.2 Å². The number of alkyl halides is 3. The molecule has 0 spiro atoms. The van der Waals surface area contributed by atoms with Gasteiger partial charge in [-0.2, -0.15) is 0 Å². The monoisotopic (exact) mass is 546 g/mol. The van der Waals surface area contributed by atoms with Gasteiger partial charge in [-0.15, -0.1) is 13.2 Å². The van der Waals surface area contributed by atoms with Gasteiger partial charge in [0.1, 0.15) is 0 Å². The van der Waals surface area contributed by atoms with Gasteiger partial charge in [0, 0.05) is 31.0 Å². The van der Waals surface area contributed by atoms with Crippen LogP contribution in [0, 0.1) is 0 Å². The lowest BCUT2D eigenvalue weighted by molar-refractivity contribution is -0.274. The van der Waals surface area contributed by atoms with Crippen LogP contribution in [0.3, 0.4) is 0 Å². The minimum Gasteiger partial charge on any atom is -0.462 e. The molecule has 1 fully saturated rings. The van der Waals surface area contributed by atoms with Gasteiger partial charge in [0.15, 0.2) is 5.75 Å². The number of rotatable bonds is 8. The molecule has 3 aromatic rings. The molecule has 1 aliphatic rings. The number of amides is 1. The first-order chi connectivity index (χ1) is 18.5. The number of esters is 1. The zero-order chi connectivity index (χ0) is 28.2. The molecule has 2 aromatic heterocycles. The second-order valence-electron chi connectivity index (χ2n) is 9.15. The van der Waals surface area contributed by atoms with Crippen molar-refractivity contribution in [1.82, 2.24) is 24.8 Å². The number of hydrogen-bond donors (Lipinski definition) is 2. The van der Waals surface area contributed by atoms with Crippen LogP contribution in [0.4, 0.5) is 24.8 Å². The van der Waals surface area contributed by atoms with Gasteiger partial charge in [-0.05, 0) is 70.2 Å². The van der Waals surface area contributed by atoms with Gasteiger partial charge >= 0.3 is 12.3 Å². The van der Waals surface area contributed by atoms with E-state index in [1.807, 2.05) is 7.05 Å². The number of ether oxygens (including phenoxy) is 2. The highest BCUT2D eigenvalue weighted by molar-refractivity contribution is 5.95. The number of hydrogen-bond acceptors (Lipinski definition) is 8. The van der Waals surface area contributed by atoms with E-state index in [0.717, 1.165) is 32.0 Å². The standard InChI is InChI=1S/C26H29F3N6O4/c1-4-38-24(37)17-13-21(35(3)15-17)19-7-10-30-25(32-19)33-20-6-5-16(14-22(20)39-26(27,28)29)23(36)31-18-8-11-34(2)12-9-18/h5-7,10,13-15,18H,4,8-9,11-12H2,1-3H3,(H,31,36)(H,30,32,33). The normalized spacial score (nSPS) is 14.6. The summed E-state index contributed by atoms with van der Waals surface area (Å²) in [6.07, 6.45) is -0.467. The van der Waals surface area contributed by atoms with Crippen LogP contribution in [0.1, 0.15) is 40.5 Å². The SMILES string of the molecule is CCOC(=O)c1cc(-c2ccnc(Nc3ccc(C(=O)NC4CCN(C)CC4)cc3OC(F)(F)F)n2)n(C)c1. The van der Waals surface area contributed by atoms with Gasteiger partial charge in [0.2, 0.25) is 5.95 Å². The first-order valence-electron chi connectivity index (χ1n) is 12.4. The Hall–Kier alpha value is -4.13. The molecular formula is C26H29F3N6O4. The molecule has 13 heteroatoms. The molecule has 0 atom stereocenters. The quantitative estimate of drug-likeness (QED) is 0.406. The number of carbonyl (C=O) groups excluding carboxylic acids is 2. The van der Waals surface area contributed by atoms with Crippen LogP contribution in [0.25, 0.3) is 11.4 Å². The molecule has 4 rings (SSSR count). The molecule has 3 heterocycles. The zero-order valence-corrected chi connectivity index (χ0v) is 21.7. The van der Waals surface area contributed by atoms with Crippen LogP contribution in [-0.2, 0) is 11.8 Å². The first-order valence-corrected chi connectivity index (χ1v) is 12.4. The summed E-state index contributed by atoms with van der Waals surface area (Å²) in [6, 6.07) is 6.88. The minimum absolute atomic E-state index is 0.0121. The van der Waals surface area contributed by atoms with E-state index in [9.17, 15) is 22.8 Å². The fraction of sp³-hybridized carbons (Fsp3) is 0.385. The maximum atomic E-state index is 13.2. The van der Waals surface area contributed by atoms with E-state index in [0.29, 0.717) is 17.0 Å². The number of piperidine rings is 1. The van der Waals surface area contributed by atoms with E-state index in [4.69, 9.17) is 4.74 Å². The van der Waals surface area contributed by atoms with Crippen LogP contribution < -0.4 is 15.4 Å². The number of nitrogens with zero attached hydrogens (tertiary/aromatic N) is 4. The van der Waals surface area contributed by atoms with Crippen molar-refractivity contribution in [3.8, 4) is 17.1 Å². The molecule has 208 valence electrons. The maximum Gasteiger partial charge on any atom is 0.573 e. The van der Waals surface area contributed by atoms with Crippen LogP contribution in [-0.4, -0.2) is 70.5 Å². The summed E-state index contributed by atoms with van der Waals surface area (Å²) < 4.78 is 50.6. The van der Waals surface area contributed by atoms with E-state index < -0.39 is 24.0 Å². The third-order valence-corrected chi connectivity index (χ3v) is 6.20. The molecule has 10 nitrogen and oxygen atoms in total. The van der Waals surface area contributed by atoms with E-state index in [-0.39, 0.29) is 29.8 Å². The number of aromatic nitrogens is 3. The molecule has 1 aromatic carbocycles. The average Bonchev–Trinajstić information content (AvgIpc) is 3.27. The largest absolute Gasteiger partial charge is 0.573 e. The van der Waals surface area contributed by atoms with Crippen molar-refractivity contribution >= 4 is 23.5 Å². The molecule has 2 N–H and O–H groups in total. The van der Waals surface area contributed by atoms with Gasteiger partial charge in [-0.1, -0.05) is 0 Å². The number of carbonyl (C=O) groups is 2. The third kappa shape index (κ3) is 7.25. The number of anilines is 2. The summed E-state index contributed by atoms with van der Waals surface area (Å²) in [5, 5.41) is 5.62. The molecule has 0 saturated carbocycles. The second kappa shape index (κ2) is 11.7. The van der Waals surface area contributed by atoms with Crippen LogP contribution in [0.15, 0.2) is 42.7 Å². The molecular weight excluding hydrogens is 517 g/mol. The molecule has 1 aliphatic heterocycles. The lowest BCUT2D eigenvalue weighted by Crippen LogP contribution is -2.43. The predicted octanol–water partition coefficient (Wildman–Crippen LogP) is 4.13. The van der Waals surface area contributed by atoms with Crippen molar-refractivity contribution in [1.29, 1.82) is 0 Å². The Kier molecular flexibility index (Phi) is 8.38. The van der Waals surface area contributed by atoms with Gasteiger partial charge in [-0.3, -0.25) is 4.79 Å². The summed E-state index contributed by atoms with van der Waals surface area (Å²) in [5.41, 5.74) is 1.26. The Morgan fingerprint density at radius 3 is 2.54 bits per heavy atom. The van der Waals surface area contributed by atoms with E-state index in [2.05, 4.69) is 30.2 Å². The summed E-state index contributed by atoms with van der Waals surface area (Å²) in [7, 11) is 3.71. The van der Waals surface area contributed by atoms with E-state index in [1.165, 1.54) is 18.3 Å².